The van der Waals surface area contributed by atoms with E-state index < -0.39 is 0 Å². The van der Waals surface area contributed by atoms with E-state index in [1.165, 1.54) is 16.7 Å². The van der Waals surface area contributed by atoms with Crippen LogP contribution in [0, 0.1) is 11.3 Å². The van der Waals surface area contributed by atoms with E-state index in [1.807, 2.05) is 18.2 Å². The van der Waals surface area contributed by atoms with E-state index in [-0.39, 0.29) is 6.04 Å². The van der Waals surface area contributed by atoms with Crippen molar-refractivity contribution in [3.8, 4) is 17.6 Å². The molecule has 23 heavy (non-hydrogen) atoms. The van der Waals surface area contributed by atoms with Crippen LogP contribution in [0.25, 0.3) is 0 Å². The summed E-state index contributed by atoms with van der Waals surface area (Å²) in [6, 6.07) is 16.8. The summed E-state index contributed by atoms with van der Waals surface area (Å²) in [5.74, 6) is 1.48. The van der Waals surface area contributed by atoms with E-state index in [0.29, 0.717) is 6.54 Å². The summed E-state index contributed by atoms with van der Waals surface area (Å²) in [5, 5.41) is 9.18. The van der Waals surface area contributed by atoms with Gasteiger partial charge in [-0.15, -0.1) is 0 Å². The normalized spacial score (nSPS) is 17.2. The molecule has 1 atom stereocenters. The first-order chi connectivity index (χ1) is 11.3. The predicted molar refractivity (Wildman–Crippen MR) is 88.7 cm³/mol. The lowest BCUT2D eigenvalue weighted by Gasteiger charge is -2.36. The zero-order chi connectivity index (χ0) is 16.2. The van der Waals surface area contributed by atoms with Crippen molar-refractivity contribution < 1.29 is 9.47 Å². The lowest BCUT2D eigenvalue weighted by molar-refractivity contribution is 0.238. The summed E-state index contributed by atoms with van der Waals surface area (Å²) in [5.41, 5.74) is 3.64. The van der Waals surface area contributed by atoms with Gasteiger partial charge in [-0.2, -0.15) is 5.26 Å². The van der Waals surface area contributed by atoms with Gasteiger partial charge in [-0.1, -0.05) is 30.3 Å². The van der Waals surface area contributed by atoms with Crippen LogP contribution in [0.3, 0.4) is 0 Å². The van der Waals surface area contributed by atoms with Crippen molar-refractivity contribution in [1.82, 2.24) is 4.90 Å². The number of hydrogen-bond acceptors (Lipinski definition) is 4. The van der Waals surface area contributed by atoms with Gasteiger partial charge in [-0.05, 0) is 35.2 Å². The Morgan fingerprint density at radius 3 is 2.48 bits per heavy atom. The Labute approximate surface area is 136 Å². The van der Waals surface area contributed by atoms with Crippen LogP contribution in [0.4, 0.5) is 0 Å². The van der Waals surface area contributed by atoms with E-state index in [9.17, 15) is 5.26 Å². The summed E-state index contributed by atoms with van der Waals surface area (Å²) in [7, 11) is 3.31. The smallest absolute Gasteiger partial charge is 0.161 e. The number of fused-ring (bicyclic) bond motifs is 1. The molecule has 0 spiro atoms. The molecule has 118 valence electrons. The Morgan fingerprint density at radius 2 is 1.83 bits per heavy atom. The Hall–Kier alpha value is -2.51. The number of benzene rings is 2. The number of methoxy groups -OCH3 is 2. The zero-order valence-corrected chi connectivity index (χ0v) is 13.5. The van der Waals surface area contributed by atoms with Crippen molar-refractivity contribution in [2.45, 2.75) is 12.5 Å². The predicted octanol–water partition coefficient (Wildman–Crippen LogP) is 3.17. The maximum Gasteiger partial charge on any atom is 0.161 e. The Balaban J connectivity index is 2.13. The Morgan fingerprint density at radius 1 is 1.13 bits per heavy atom. The summed E-state index contributed by atoms with van der Waals surface area (Å²) >= 11 is 0. The molecule has 3 rings (SSSR count). The molecule has 0 saturated heterocycles. The van der Waals surface area contributed by atoms with Crippen molar-refractivity contribution in [2.24, 2.45) is 0 Å². The lowest BCUT2D eigenvalue weighted by atomic mass is 9.87. The number of nitrogens with zero attached hydrogens (tertiary/aromatic N) is 2. The van der Waals surface area contributed by atoms with Gasteiger partial charge in [0.2, 0.25) is 0 Å². The van der Waals surface area contributed by atoms with Gasteiger partial charge in [0, 0.05) is 6.54 Å². The minimum atomic E-state index is 0.0689. The van der Waals surface area contributed by atoms with Crippen LogP contribution in [-0.2, 0) is 6.42 Å². The molecule has 0 N–H and O–H groups in total. The number of nitriles is 1. The highest BCUT2D eigenvalue weighted by Gasteiger charge is 2.30. The molecule has 0 fully saturated rings. The van der Waals surface area contributed by atoms with Crippen LogP contribution in [0.1, 0.15) is 22.7 Å². The topological polar surface area (TPSA) is 45.5 Å². The third-order valence-electron chi connectivity index (χ3n) is 4.36. The van der Waals surface area contributed by atoms with Gasteiger partial charge < -0.3 is 9.47 Å². The van der Waals surface area contributed by atoms with Crippen LogP contribution in [0.5, 0.6) is 11.5 Å². The van der Waals surface area contributed by atoms with Crippen molar-refractivity contribution in [3.05, 3.63) is 59.2 Å². The molecule has 0 saturated carbocycles. The highest BCUT2D eigenvalue weighted by Crippen LogP contribution is 2.40. The molecule has 1 aliphatic rings. The third-order valence-corrected chi connectivity index (χ3v) is 4.36. The highest BCUT2D eigenvalue weighted by atomic mass is 16.5. The van der Waals surface area contributed by atoms with Crippen molar-refractivity contribution in [2.75, 3.05) is 27.3 Å². The maximum absolute atomic E-state index is 9.18. The fourth-order valence-corrected chi connectivity index (χ4v) is 3.28. The van der Waals surface area contributed by atoms with Gasteiger partial charge in [0.15, 0.2) is 11.5 Å². The maximum atomic E-state index is 9.18. The van der Waals surface area contributed by atoms with E-state index in [1.54, 1.807) is 14.2 Å². The molecule has 2 aromatic rings. The molecule has 1 aliphatic heterocycles. The first-order valence-electron chi connectivity index (χ1n) is 7.69. The van der Waals surface area contributed by atoms with Crippen LogP contribution in [0.15, 0.2) is 42.5 Å². The second-order valence-corrected chi connectivity index (χ2v) is 5.60. The summed E-state index contributed by atoms with van der Waals surface area (Å²) in [4.78, 5) is 2.21. The fraction of sp³-hybridized carbons (Fsp3) is 0.316. The summed E-state index contributed by atoms with van der Waals surface area (Å²) in [6.07, 6.45) is 0.903. The van der Waals surface area contributed by atoms with Gasteiger partial charge in [-0.3, -0.25) is 4.90 Å². The van der Waals surface area contributed by atoms with Crippen LogP contribution < -0.4 is 9.47 Å². The largest absolute Gasteiger partial charge is 0.493 e. The fourth-order valence-electron chi connectivity index (χ4n) is 3.28. The van der Waals surface area contributed by atoms with Gasteiger partial charge in [0.05, 0.1) is 32.9 Å². The SMILES string of the molecule is COc1cc2c(cc1OC)[C@H](c1ccccc1)N(CC#N)CC2. The van der Waals surface area contributed by atoms with Crippen molar-refractivity contribution >= 4 is 0 Å². The monoisotopic (exact) mass is 308 g/mol. The quantitative estimate of drug-likeness (QED) is 0.814. The molecular formula is C19H20N2O2. The van der Waals surface area contributed by atoms with Crippen LogP contribution in [0.2, 0.25) is 0 Å². The van der Waals surface area contributed by atoms with Crippen LogP contribution >= 0.6 is 0 Å². The van der Waals surface area contributed by atoms with Gasteiger partial charge in [0.1, 0.15) is 0 Å². The summed E-state index contributed by atoms with van der Waals surface area (Å²) in [6.45, 7) is 1.27. The third kappa shape index (κ3) is 2.88. The zero-order valence-electron chi connectivity index (χ0n) is 13.5. The van der Waals surface area contributed by atoms with E-state index in [0.717, 1.165) is 24.5 Å². The Kier molecular flexibility index (Phi) is 4.50. The van der Waals surface area contributed by atoms with Crippen molar-refractivity contribution in [1.29, 1.82) is 5.26 Å². The second-order valence-electron chi connectivity index (χ2n) is 5.60. The van der Waals surface area contributed by atoms with E-state index >= 15 is 0 Å². The molecule has 0 radical (unpaired) electrons. The van der Waals surface area contributed by atoms with E-state index in [4.69, 9.17) is 9.47 Å². The minimum Gasteiger partial charge on any atom is -0.493 e. The standard InChI is InChI=1S/C19H20N2O2/c1-22-17-12-15-8-10-21(11-9-20)19(14-6-4-3-5-7-14)16(15)13-18(17)23-2/h3-7,12-13,19H,8,10-11H2,1-2H3/t19-/m0/s1. The minimum absolute atomic E-state index is 0.0689. The van der Waals surface area contributed by atoms with Gasteiger partial charge >= 0.3 is 0 Å². The van der Waals surface area contributed by atoms with Gasteiger partial charge in [0.25, 0.3) is 0 Å². The molecule has 0 aromatic heterocycles. The molecule has 4 nitrogen and oxygen atoms in total. The molecule has 1 heterocycles. The van der Waals surface area contributed by atoms with Crippen molar-refractivity contribution in [3.63, 3.8) is 0 Å². The highest BCUT2D eigenvalue weighted by molar-refractivity contribution is 5.51. The molecule has 0 unspecified atom stereocenters. The second kappa shape index (κ2) is 6.72. The first kappa shape index (κ1) is 15.4. The van der Waals surface area contributed by atoms with Gasteiger partial charge in [-0.25, -0.2) is 0 Å². The van der Waals surface area contributed by atoms with Crippen LogP contribution in [-0.4, -0.2) is 32.2 Å². The van der Waals surface area contributed by atoms with E-state index in [2.05, 4.69) is 35.2 Å². The molecular weight excluding hydrogens is 288 g/mol. The molecule has 0 bridgehead atoms. The average Bonchev–Trinajstić information content (AvgIpc) is 2.61. The molecule has 0 aliphatic carbocycles. The molecule has 2 aromatic carbocycles. The average molecular weight is 308 g/mol. The molecule has 4 heteroatoms. The number of ether oxygens (including phenoxy) is 2. The lowest BCUT2D eigenvalue weighted by Crippen LogP contribution is -2.36. The first-order valence-corrected chi connectivity index (χ1v) is 7.69. The number of rotatable bonds is 4. The summed E-state index contributed by atoms with van der Waals surface area (Å²) < 4.78 is 10.9. The molecule has 0 amide bonds. The Bertz CT molecular complexity index is 722. The number of hydrogen-bond donors (Lipinski definition) is 0.